The van der Waals surface area contributed by atoms with Crippen LogP contribution < -0.4 is 5.32 Å². The molecule has 0 bridgehead atoms. The Labute approximate surface area is 110 Å². The second kappa shape index (κ2) is 4.48. The van der Waals surface area contributed by atoms with Gasteiger partial charge in [-0.25, -0.2) is 4.98 Å². The fourth-order valence-electron chi connectivity index (χ4n) is 1.86. The first-order valence-corrected chi connectivity index (χ1v) is 6.52. The van der Waals surface area contributed by atoms with Crippen molar-refractivity contribution in [3.8, 4) is 0 Å². The third-order valence-electron chi connectivity index (χ3n) is 3.00. The van der Waals surface area contributed by atoms with Crippen molar-refractivity contribution in [1.82, 2.24) is 15.3 Å². The third-order valence-corrected chi connectivity index (χ3v) is 3.72. The number of aromatic amines is 1. The highest BCUT2D eigenvalue weighted by Crippen LogP contribution is 2.28. The first kappa shape index (κ1) is 11.3. The van der Waals surface area contributed by atoms with E-state index in [9.17, 15) is 0 Å². The minimum Gasteiger partial charge on any atom is -0.341 e. The summed E-state index contributed by atoms with van der Waals surface area (Å²) in [7, 11) is 0. The molecule has 0 atom stereocenters. The number of nitrogens with one attached hydrogen (secondary N) is 2. The number of hydrogen-bond donors (Lipinski definition) is 2. The molecule has 1 aliphatic carbocycles. The van der Waals surface area contributed by atoms with Gasteiger partial charge >= 0.3 is 0 Å². The zero-order valence-electron chi connectivity index (χ0n) is 9.26. The third kappa shape index (κ3) is 2.57. The molecule has 3 rings (SSSR count). The maximum absolute atomic E-state index is 5.96. The highest BCUT2D eigenvalue weighted by Gasteiger charge is 2.20. The van der Waals surface area contributed by atoms with Gasteiger partial charge in [-0.05, 0) is 37.4 Å². The van der Waals surface area contributed by atoms with Crippen molar-refractivity contribution in [2.24, 2.45) is 5.92 Å². The highest BCUT2D eigenvalue weighted by atomic mass is 35.5. The fraction of sp³-hybridized carbons (Fsp3) is 0.417. The number of halogens is 2. The molecule has 1 fully saturated rings. The Hall–Kier alpha value is -0.770. The molecule has 2 N–H and O–H groups in total. The van der Waals surface area contributed by atoms with Crippen LogP contribution in [0, 0.1) is 5.92 Å². The van der Waals surface area contributed by atoms with Gasteiger partial charge in [-0.1, -0.05) is 23.2 Å². The number of imidazole rings is 1. The van der Waals surface area contributed by atoms with E-state index in [1.54, 1.807) is 6.07 Å². The van der Waals surface area contributed by atoms with E-state index in [1.165, 1.54) is 12.8 Å². The van der Waals surface area contributed by atoms with Crippen LogP contribution >= 0.6 is 23.2 Å². The molecule has 1 aromatic heterocycles. The number of hydrogen-bond acceptors (Lipinski definition) is 2. The van der Waals surface area contributed by atoms with Crippen LogP contribution in [0.5, 0.6) is 0 Å². The van der Waals surface area contributed by atoms with Crippen molar-refractivity contribution in [2.75, 3.05) is 6.54 Å². The summed E-state index contributed by atoms with van der Waals surface area (Å²) >= 11 is 11.9. The smallest absolute Gasteiger partial charge is 0.121 e. The van der Waals surface area contributed by atoms with Crippen LogP contribution in [0.15, 0.2) is 12.1 Å². The van der Waals surface area contributed by atoms with Crippen molar-refractivity contribution in [3.63, 3.8) is 0 Å². The lowest BCUT2D eigenvalue weighted by molar-refractivity contribution is 0.624. The van der Waals surface area contributed by atoms with E-state index in [0.717, 1.165) is 35.9 Å². The predicted octanol–water partition coefficient (Wildman–Crippen LogP) is 3.37. The van der Waals surface area contributed by atoms with Crippen LogP contribution in [0.3, 0.4) is 0 Å². The van der Waals surface area contributed by atoms with Crippen molar-refractivity contribution in [3.05, 3.63) is 28.0 Å². The minimum atomic E-state index is 0.545. The summed E-state index contributed by atoms with van der Waals surface area (Å²) in [6.07, 6.45) is 2.72. The van der Waals surface area contributed by atoms with Crippen molar-refractivity contribution >= 4 is 34.2 Å². The molecule has 0 spiro atoms. The van der Waals surface area contributed by atoms with Gasteiger partial charge < -0.3 is 10.3 Å². The maximum Gasteiger partial charge on any atom is 0.121 e. The van der Waals surface area contributed by atoms with Crippen LogP contribution in [0.25, 0.3) is 11.0 Å². The number of nitrogens with zero attached hydrogens (tertiary/aromatic N) is 1. The molecule has 1 aliphatic rings. The molecule has 0 saturated heterocycles. The Balaban J connectivity index is 1.75. The fourth-order valence-corrected chi connectivity index (χ4v) is 2.18. The Kier molecular flexibility index (Phi) is 2.99. The standard InChI is InChI=1S/C12H13Cl2N3/c13-8-3-10-11(4-9(8)14)17-12(16-10)6-15-5-7-1-2-7/h3-4,7,15H,1-2,5-6H2,(H,16,17). The van der Waals surface area contributed by atoms with Gasteiger partial charge in [0.15, 0.2) is 0 Å². The Bertz CT molecular complexity index is 507. The second-order valence-corrected chi connectivity index (χ2v) is 5.36. The predicted molar refractivity (Wildman–Crippen MR) is 70.5 cm³/mol. The average Bonchev–Trinajstić information content (AvgIpc) is 3.02. The Morgan fingerprint density at radius 2 is 2.06 bits per heavy atom. The zero-order valence-corrected chi connectivity index (χ0v) is 10.8. The highest BCUT2D eigenvalue weighted by molar-refractivity contribution is 6.42. The Morgan fingerprint density at radius 3 is 2.82 bits per heavy atom. The van der Waals surface area contributed by atoms with Gasteiger partial charge in [0.05, 0.1) is 27.6 Å². The van der Waals surface area contributed by atoms with Gasteiger partial charge in [-0.3, -0.25) is 0 Å². The lowest BCUT2D eigenvalue weighted by atomic mass is 10.3. The topological polar surface area (TPSA) is 40.7 Å². The largest absolute Gasteiger partial charge is 0.341 e. The molecule has 0 amide bonds. The van der Waals surface area contributed by atoms with Crippen LogP contribution in [-0.2, 0) is 6.54 Å². The van der Waals surface area contributed by atoms with Crippen molar-refractivity contribution in [2.45, 2.75) is 19.4 Å². The van der Waals surface area contributed by atoms with E-state index in [0.29, 0.717) is 10.0 Å². The Morgan fingerprint density at radius 1 is 1.29 bits per heavy atom. The molecular weight excluding hydrogens is 257 g/mol. The normalized spacial score (nSPS) is 15.6. The molecule has 0 radical (unpaired) electrons. The molecular formula is C12H13Cl2N3. The van der Waals surface area contributed by atoms with Gasteiger partial charge in [0.2, 0.25) is 0 Å². The summed E-state index contributed by atoms with van der Waals surface area (Å²) in [6, 6.07) is 3.61. The van der Waals surface area contributed by atoms with Crippen LogP contribution in [-0.4, -0.2) is 16.5 Å². The molecule has 90 valence electrons. The monoisotopic (exact) mass is 269 g/mol. The number of rotatable bonds is 4. The van der Waals surface area contributed by atoms with Crippen molar-refractivity contribution in [1.29, 1.82) is 0 Å². The average molecular weight is 270 g/mol. The van der Waals surface area contributed by atoms with E-state index in [2.05, 4.69) is 15.3 Å². The van der Waals surface area contributed by atoms with E-state index in [-0.39, 0.29) is 0 Å². The SMILES string of the molecule is Clc1cc2nc(CNCC3CC3)[nH]c2cc1Cl. The first-order valence-electron chi connectivity index (χ1n) is 5.77. The van der Waals surface area contributed by atoms with Gasteiger partial charge in [0.25, 0.3) is 0 Å². The molecule has 17 heavy (non-hydrogen) atoms. The minimum absolute atomic E-state index is 0.545. The summed E-state index contributed by atoms with van der Waals surface area (Å²) < 4.78 is 0. The summed E-state index contributed by atoms with van der Waals surface area (Å²) in [4.78, 5) is 7.71. The maximum atomic E-state index is 5.96. The molecule has 1 aromatic carbocycles. The van der Waals surface area contributed by atoms with E-state index < -0.39 is 0 Å². The number of aromatic nitrogens is 2. The summed E-state index contributed by atoms with van der Waals surface area (Å²) in [5.74, 6) is 1.81. The van der Waals surface area contributed by atoms with Crippen LogP contribution in [0.1, 0.15) is 18.7 Å². The van der Waals surface area contributed by atoms with E-state index >= 15 is 0 Å². The second-order valence-electron chi connectivity index (χ2n) is 4.54. The molecule has 0 aliphatic heterocycles. The zero-order chi connectivity index (χ0) is 11.8. The quantitative estimate of drug-likeness (QED) is 0.894. The van der Waals surface area contributed by atoms with Gasteiger partial charge in [-0.2, -0.15) is 0 Å². The molecule has 1 saturated carbocycles. The molecule has 2 aromatic rings. The molecule has 0 unspecified atom stereocenters. The summed E-state index contributed by atoms with van der Waals surface area (Å²) in [6.45, 7) is 1.85. The van der Waals surface area contributed by atoms with Gasteiger partial charge in [-0.15, -0.1) is 0 Å². The number of fused-ring (bicyclic) bond motifs is 1. The lowest BCUT2D eigenvalue weighted by Crippen LogP contribution is -2.16. The van der Waals surface area contributed by atoms with Crippen LogP contribution in [0.2, 0.25) is 10.0 Å². The van der Waals surface area contributed by atoms with Crippen molar-refractivity contribution < 1.29 is 0 Å². The molecule has 1 heterocycles. The van der Waals surface area contributed by atoms with Gasteiger partial charge in [0, 0.05) is 0 Å². The van der Waals surface area contributed by atoms with Gasteiger partial charge in [0.1, 0.15) is 5.82 Å². The molecule has 3 nitrogen and oxygen atoms in total. The summed E-state index contributed by atoms with van der Waals surface area (Å²) in [5.41, 5.74) is 1.80. The van der Waals surface area contributed by atoms with E-state index in [4.69, 9.17) is 23.2 Å². The number of benzene rings is 1. The first-order chi connectivity index (χ1) is 8.22. The number of H-pyrrole nitrogens is 1. The molecule has 5 heteroatoms. The van der Waals surface area contributed by atoms with E-state index in [1.807, 2.05) is 6.07 Å². The van der Waals surface area contributed by atoms with Crippen LogP contribution in [0.4, 0.5) is 0 Å². The summed E-state index contributed by atoms with van der Waals surface area (Å²) in [5, 5.41) is 4.49. The lowest BCUT2D eigenvalue weighted by Gasteiger charge is -1.98.